The smallest absolute Gasteiger partial charge is 0.309 e. The Hall–Kier alpha value is -3.88. The summed E-state index contributed by atoms with van der Waals surface area (Å²) in [5.41, 5.74) is 13.0. The van der Waals surface area contributed by atoms with E-state index in [9.17, 15) is 9.59 Å². The highest BCUT2D eigenvalue weighted by atomic mass is 16.5. The number of rotatable bonds is 8. The van der Waals surface area contributed by atoms with Crippen LogP contribution in [-0.2, 0) is 20.9 Å². The van der Waals surface area contributed by atoms with Gasteiger partial charge in [0.1, 0.15) is 0 Å². The number of aliphatic hydroxyl groups is 1. The molecule has 0 radical (unpaired) electrons. The molecule has 0 aromatic heterocycles. The number of esters is 1. The van der Waals surface area contributed by atoms with Crippen molar-refractivity contribution in [2.45, 2.75) is 33.2 Å². The first-order chi connectivity index (χ1) is 17.7. The first-order valence-electron chi connectivity index (χ1n) is 12.1. The van der Waals surface area contributed by atoms with Crippen LogP contribution in [0.25, 0.3) is 0 Å². The molecule has 7 N–H and O–H groups in total. The van der Waals surface area contributed by atoms with Gasteiger partial charge in [-0.3, -0.25) is 9.59 Å². The predicted molar refractivity (Wildman–Crippen MR) is 156 cm³/mol. The zero-order valence-electron chi connectivity index (χ0n) is 23.7. The zero-order chi connectivity index (χ0) is 28.0. The Morgan fingerprint density at radius 2 is 1.63 bits per heavy atom. The van der Waals surface area contributed by atoms with Crippen molar-refractivity contribution < 1.29 is 19.4 Å². The average molecular weight is 525 g/mol. The van der Waals surface area contributed by atoms with Gasteiger partial charge in [-0.25, -0.2) is 0 Å². The fourth-order valence-corrected chi connectivity index (χ4v) is 3.99. The first kappa shape index (κ1) is 34.1. The number of carbonyl (C=O) groups is 2. The van der Waals surface area contributed by atoms with Gasteiger partial charge in [-0.2, -0.15) is 0 Å². The van der Waals surface area contributed by atoms with E-state index in [1.165, 1.54) is 12.7 Å². The lowest BCUT2D eigenvalue weighted by Gasteiger charge is -2.25. The quantitative estimate of drug-likeness (QED) is 0.186. The first-order valence-corrected chi connectivity index (χ1v) is 12.1. The van der Waals surface area contributed by atoms with Crippen molar-refractivity contribution in [3.05, 3.63) is 94.5 Å². The monoisotopic (exact) mass is 524 g/mol. The van der Waals surface area contributed by atoms with Crippen molar-refractivity contribution in [2.75, 3.05) is 39.4 Å². The molecule has 0 fully saturated rings. The molecule has 0 aliphatic carbocycles. The third-order valence-corrected chi connectivity index (χ3v) is 6.05. The molecule has 0 saturated carbocycles. The molecular formula is C30H44N4O4. The maximum Gasteiger partial charge on any atom is 0.309 e. The average Bonchev–Trinajstić information content (AvgIpc) is 2.92. The predicted octanol–water partition coefficient (Wildman–Crippen LogP) is 4.91. The SMILES string of the molecule is CNc1ccc(C(c2ccc(C)c(CN(C)C=O)c2)C(C)C(=O)OC)cc1N.CO.Cc1ccccc1.N. The molecule has 208 valence electrons. The Bertz CT molecular complexity index is 1120. The second-order valence-electron chi connectivity index (χ2n) is 8.75. The third-order valence-electron chi connectivity index (χ3n) is 6.05. The van der Waals surface area contributed by atoms with E-state index in [0.717, 1.165) is 41.5 Å². The van der Waals surface area contributed by atoms with Gasteiger partial charge in [-0.1, -0.05) is 67.1 Å². The molecule has 1 amide bonds. The molecule has 3 aromatic rings. The van der Waals surface area contributed by atoms with Crippen LogP contribution < -0.4 is 17.2 Å². The fourth-order valence-electron chi connectivity index (χ4n) is 3.99. The second kappa shape index (κ2) is 17.6. The number of nitrogens with zero attached hydrogens (tertiary/aromatic N) is 1. The van der Waals surface area contributed by atoms with Crippen LogP contribution in [0.15, 0.2) is 66.7 Å². The highest BCUT2D eigenvalue weighted by Crippen LogP contribution is 2.36. The lowest BCUT2D eigenvalue weighted by Crippen LogP contribution is -2.22. The van der Waals surface area contributed by atoms with Crippen molar-refractivity contribution in [3.63, 3.8) is 0 Å². The Kier molecular flexibility index (Phi) is 15.8. The van der Waals surface area contributed by atoms with E-state index in [-0.39, 0.29) is 18.0 Å². The van der Waals surface area contributed by atoms with Crippen molar-refractivity contribution >= 4 is 23.8 Å². The van der Waals surface area contributed by atoms with Crippen LogP contribution in [0.5, 0.6) is 0 Å². The summed E-state index contributed by atoms with van der Waals surface area (Å²) in [6, 6.07) is 22.1. The van der Waals surface area contributed by atoms with E-state index < -0.39 is 5.92 Å². The Labute approximate surface area is 227 Å². The second-order valence-corrected chi connectivity index (χ2v) is 8.75. The Balaban J connectivity index is 0.00000117. The molecule has 3 rings (SSSR count). The maximum atomic E-state index is 12.4. The largest absolute Gasteiger partial charge is 0.469 e. The molecular weight excluding hydrogens is 480 g/mol. The summed E-state index contributed by atoms with van der Waals surface area (Å²) in [7, 11) is 5.95. The number of aryl methyl sites for hydroxylation is 2. The number of nitrogen functional groups attached to an aromatic ring is 1. The number of hydrogen-bond acceptors (Lipinski definition) is 7. The van der Waals surface area contributed by atoms with E-state index in [1.807, 2.05) is 69.4 Å². The molecule has 2 atom stereocenters. The molecule has 0 aliphatic rings. The van der Waals surface area contributed by atoms with E-state index in [1.54, 1.807) is 11.9 Å². The molecule has 8 nitrogen and oxygen atoms in total. The molecule has 0 spiro atoms. The van der Waals surface area contributed by atoms with Crippen molar-refractivity contribution in [1.82, 2.24) is 11.1 Å². The highest BCUT2D eigenvalue weighted by molar-refractivity contribution is 5.75. The number of ether oxygens (including phenoxy) is 1. The van der Waals surface area contributed by atoms with Gasteiger partial charge in [-0.15, -0.1) is 0 Å². The summed E-state index contributed by atoms with van der Waals surface area (Å²) >= 11 is 0. The summed E-state index contributed by atoms with van der Waals surface area (Å²) in [4.78, 5) is 25.0. The lowest BCUT2D eigenvalue weighted by molar-refractivity contribution is -0.145. The van der Waals surface area contributed by atoms with Gasteiger partial charge in [0.2, 0.25) is 6.41 Å². The number of aliphatic hydroxyl groups excluding tert-OH is 1. The van der Waals surface area contributed by atoms with Gasteiger partial charge in [0.05, 0.1) is 24.4 Å². The van der Waals surface area contributed by atoms with Gasteiger partial charge in [0.25, 0.3) is 0 Å². The van der Waals surface area contributed by atoms with Crippen molar-refractivity contribution in [2.24, 2.45) is 5.92 Å². The summed E-state index contributed by atoms with van der Waals surface area (Å²) in [6.07, 6.45) is 0.803. The number of nitrogens with one attached hydrogen (secondary N) is 1. The van der Waals surface area contributed by atoms with Gasteiger partial charge >= 0.3 is 5.97 Å². The summed E-state index contributed by atoms with van der Waals surface area (Å²) in [6.45, 7) is 6.45. The van der Waals surface area contributed by atoms with Crippen LogP contribution in [0.4, 0.5) is 11.4 Å². The molecule has 3 aromatic carbocycles. The minimum Gasteiger partial charge on any atom is -0.469 e. The minimum atomic E-state index is -0.399. The lowest BCUT2D eigenvalue weighted by atomic mass is 9.80. The summed E-state index contributed by atoms with van der Waals surface area (Å²) in [5.74, 6) is -0.904. The normalized spacial score (nSPS) is 11.2. The van der Waals surface area contributed by atoms with Crippen LogP contribution in [-0.4, -0.2) is 50.7 Å². The molecule has 38 heavy (non-hydrogen) atoms. The topological polar surface area (TPSA) is 140 Å². The number of methoxy groups -OCH3 is 1. The Morgan fingerprint density at radius 3 is 2.11 bits per heavy atom. The maximum absolute atomic E-state index is 12.4. The van der Waals surface area contributed by atoms with Gasteiger partial charge in [-0.05, 0) is 48.2 Å². The summed E-state index contributed by atoms with van der Waals surface area (Å²) in [5, 5.41) is 10.1. The third kappa shape index (κ3) is 9.88. The van der Waals surface area contributed by atoms with Crippen LogP contribution in [0.2, 0.25) is 0 Å². The van der Waals surface area contributed by atoms with Gasteiger partial charge in [0.15, 0.2) is 0 Å². The molecule has 0 aliphatic heterocycles. The number of hydrogen-bond donors (Lipinski definition) is 4. The molecule has 0 heterocycles. The highest BCUT2D eigenvalue weighted by Gasteiger charge is 2.28. The molecule has 2 unspecified atom stereocenters. The standard InChI is InChI=1S/C22H29N3O3.C7H8.CH4O.H3N/c1-14-6-7-16(10-18(14)12-25(4)13-26)21(15(2)22(27)28-5)17-8-9-20(24-3)19(23)11-17;1-7-5-3-2-4-6-7;1-2;/h6-11,13,15,21,24H,12,23H2,1-5H3;2-6H,1H3;2H,1H3;1H3. The number of carbonyl (C=O) groups excluding carboxylic acids is 2. The van der Waals surface area contributed by atoms with E-state index >= 15 is 0 Å². The van der Waals surface area contributed by atoms with Crippen LogP contribution in [0.3, 0.4) is 0 Å². The van der Waals surface area contributed by atoms with Gasteiger partial charge < -0.3 is 31.9 Å². The summed E-state index contributed by atoms with van der Waals surface area (Å²) < 4.78 is 5.01. The van der Waals surface area contributed by atoms with Crippen molar-refractivity contribution in [1.29, 1.82) is 0 Å². The minimum absolute atomic E-state index is 0. The number of amides is 1. The number of anilines is 2. The van der Waals surface area contributed by atoms with Gasteiger partial charge in [0, 0.05) is 33.7 Å². The van der Waals surface area contributed by atoms with Crippen LogP contribution in [0.1, 0.15) is 40.7 Å². The number of nitrogens with two attached hydrogens (primary N) is 1. The van der Waals surface area contributed by atoms with Crippen LogP contribution >= 0.6 is 0 Å². The Morgan fingerprint density at radius 1 is 1.05 bits per heavy atom. The van der Waals surface area contributed by atoms with Crippen LogP contribution in [0, 0.1) is 19.8 Å². The van der Waals surface area contributed by atoms with Crippen molar-refractivity contribution in [3.8, 4) is 0 Å². The zero-order valence-corrected chi connectivity index (χ0v) is 23.7. The molecule has 0 bridgehead atoms. The fraction of sp³-hybridized carbons (Fsp3) is 0.333. The number of benzene rings is 3. The molecule has 0 saturated heterocycles. The van der Waals surface area contributed by atoms with E-state index in [2.05, 4.69) is 30.4 Å². The van der Waals surface area contributed by atoms with E-state index in [0.29, 0.717) is 12.2 Å². The van der Waals surface area contributed by atoms with E-state index in [4.69, 9.17) is 15.6 Å². The molecule has 8 heteroatoms.